The largest absolute Gasteiger partial charge is 0.382 e. The molecule has 2 amide bonds. The third kappa shape index (κ3) is 5.08. The molecule has 1 aliphatic rings. The van der Waals surface area contributed by atoms with E-state index in [2.05, 4.69) is 16.0 Å². The molecular formula is C20H23N3O2. The second-order valence-electron chi connectivity index (χ2n) is 6.30. The molecule has 130 valence electrons. The van der Waals surface area contributed by atoms with Crippen molar-refractivity contribution in [1.29, 1.82) is 0 Å². The molecule has 2 aromatic rings. The molecule has 0 radical (unpaired) electrons. The molecule has 3 N–H and O–H groups in total. The predicted octanol–water partition coefficient (Wildman–Crippen LogP) is 3.41. The second kappa shape index (κ2) is 8.33. The summed E-state index contributed by atoms with van der Waals surface area (Å²) < 4.78 is 0. The van der Waals surface area contributed by atoms with Crippen molar-refractivity contribution in [2.45, 2.75) is 31.7 Å². The van der Waals surface area contributed by atoms with E-state index in [9.17, 15) is 9.59 Å². The van der Waals surface area contributed by atoms with Crippen molar-refractivity contribution in [3.63, 3.8) is 0 Å². The molecule has 2 aromatic carbocycles. The van der Waals surface area contributed by atoms with Crippen LogP contribution in [0.5, 0.6) is 0 Å². The Balaban J connectivity index is 1.49. The van der Waals surface area contributed by atoms with Crippen molar-refractivity contribution < 1.29 is 9.59 Å². The lowest BCUT2D eigenvalue weighted by molar-refractivity contribution is -0.115. The summed E-state index contributed by atoms with van der Waals surface area (Å²) >= 11 is 0. The van der Waals surface area contributed by atoms with Crippen molar-refractivity contribution >= 4 is 23.2 Å². The molecule has 1 saturated carbocycles. The van der Waals surface area contributed by atoms with Crippen molar-refractivity contribution in [2.24, 2.45) is 0 Å². The van der Waals surface area contributed by atoms with Gasteiger partial charge in [-0.15, -0.1) is 0 Å². The summed E-state index contributed by atoms with van der Waals surface area (Å²) in [7, 11) is 0. The van der Waals surface area contributed by atoms with Gasteiger partial charge in [-0.3, -0.25) is 9.59 Å². The Morgan fingerprint density at radius 3 is 2.40 bits per heavy atom. The zero-order valence-corrected chi connectivity index (χ0v) is 14.1. The van der Waals surface area contributed by atoms with Gasteiger partial charge >= 0.3 is 0 Å². The van der Waals surface area contributed by atoms with Crippen molar-refractivity contribution in [3.8, 4) is 0 Å². The van der Waals surface area contributed by atoms with E-state index in [1.807, 2.05) is 30.3 Å². The van der Waals surface area contributed by atoms with Gasteiger partial charge in [0, 0.05) is 23.0 Å². The van der Waals surface area contributed by atoms with Crippen LogP contribution in [-0.2, 0) is 4.79 Å². The molecule has 5 nitrogen and oxygen atoms in total. The third-order valence-corrected chi connectivity index (χ3v) is 4.32. The van der Waals surface area contributed by atoms with Crippen LogP contribution in [0.15, 0.2) is 54.6 Å². The fourth-order valence-corrected chi connectivity index (χ4v) is 3.05. The minimum Gasteiger partial charge on any atom is -0.382 e. The zero-order chi connectivity index (χ0) is 17.5. The van der Waals surface area contributed by atoms with Gasteiger partial charge in [-0.25, -0.2) is 0 Å². The highest BCUT2D eigenvalue weighted by Crippen LogP contribution is 2.23. The van der Waals surface area contributed by atoms with Gasteiger partial charge in [-0.2, -0.15) is 0 Å². The van der Waals surface area contributed by atoms with Crippen LogP contribution in [0.1, 0.15) is 36.0 Å². The Morgan fingerprint density at radius 2 is 1.64 bits per heavy atom. The number of hydrogen-bond acceptors (Lipinski definition) is 3. The maximum Gasteiger partial charge on any atom is 0.251 e. The molecule has 0 saturated heterocycles. The summed E-state index contributed by atoms with van der Waals surface area (Å²) in [5, 5.41) is 8.95. The number of hydrogen-bond donors (Lipinski definition) is 3. The smallest absolute Gasteiger partial charge is 0.251 e. The normalized spacial score (nSPS) is 14.1. The lowest BCUT2D eigenvalue weighted by atomic mass is 10.2. The number of carbonyl (C=O) groups excluding carboxylic acids is 2. The summed E-state index contributed by atoms with van der Waals surface area (Å²) in [6.07, 6.45) is 4.94. The van der Waals surface area contributed by atoms with E-state index in [1.165, 1.54) is 25.7 Å². The molecular weight excluding hydrogens is 314 g/mol. The van der Waals surface area contributed by atoms with Crippen molar-refractivity contribution in [2.75, 3.05) is 17.2 Å². The highest BCUT2D eigenvalue weighted by atomic mass is 16.2. The zero-order valence-electron chi connectivity index (χ0n) is 14.1. The van der Waals surface area contributed by atoms with Crippen LogP contribution in [0.4, 0.5) is 11.4 Å². The summed E-state index contributed by atoms with van der Waals surface area (Å²) in [4.78, 5) is 24.0. The number of nitrogens with one attached hydrogen (secondary N) is 3. The van der Waals surface area contributed by atoms with Crippen LogP contribution < -0.4 is 16.0 Å². The van der Waals surface area contributed by atoms with Gasteiger partial charge in [-0.1, -0.05) is 37.1 Å². The summed E-state index contributed by atoms with van der Waals surface area (Å²) in [5.41, 5.74) is 2.28. The summed E-state index contributed by atoms with van der Waals surface area (Å²) in [6.45, 7) is -0.0615. The first-order chi connectivity index (χ1) is 12.2. The quantitative estimate of drug-likeness (QED) is 0.756. The minimum absolute atomic E-state index is 0.0615. The Labute approximate surface area is 147 Å². The lowest BCUT2D eigenvalue weighted by Gasteiger charge is -2.14. The van der Waals surface area contributed by atoms with E-state index >= 15 is 0 Å². The SMILES string of the molecule is O=C(CNC(=O)c1ccccc1)Nc1cccc(NC2CCCC2)c1. The van der Waals surface area contributed by atoms with Gasteiger partial charge in [0.2, 0.25) is 5.91 Å². The Bertz CT molecular complexity index is 725. The van der Waals surface area contributed by atoms with Gasteiger partial charge in [-0.05, 0) is 43.2 Å². The van der Waals surface area contributed by atoms with E-state index in [0.717, 1.165) is 11.4 Å². The molecule has 0 unspecified atom stereocenters. The highest BCUT2D eigenvalue weighted by molar-refractivity contribution is 5.99. The third-order valence-electron chi connectivity index (χ3n) is 4.32. The molecule has 0 aliphatic heterocycles. The van der Waals surface area contributed by atoms with E-state index in [1.54, 1.807) is 24.3 Å². The minimum atomic E-state index is -0.257. The standard InChI is InChI=1S/C20H23N3O2/c24-19(14-21-20(25)15-7-2-1-3-8-15)23-18-12-6-11-17(13-18)22-16-9-4-5-10-16/h1-3,6-8,11-13,16,22H,4-5,9-10,14H2,(H,21,25)(H,23,24). The fourth-order valence-electron chi connectivity index (χ4n) is 3.05. The first-order valence-electron chi connectivity index (χ1n) is 8.70. The maximum atomic E-state index is 12.1. The van der Waals surface area contributed by atoms with Gasteiger partial charge in [0.1, 0.15) is 0 Å². The molecule has 3 rings (SSSR count). The van der Waals surface area contributed by atoms with E-state index in [-0.39, 0.29) is 18.4 Å². The number of carbonyl (C=O) groups is 2. The van der Waals surface area contributed by atoms with E-state index in [4.69, 9.17) is 0 Å². The second-order valence-corrected chi connectivity index (χ2v) is 6.30. The Hall–Kier alpha value is -2.82. The lowest BCUT2D eigenvalue weighted by Crippen LogP contribution is -2.32. The predicted molar refractivity (Wildman–Crippen MR) is 99.7 cm³/mol. The van der Waals surface area contributed by atoms with Gasteiger partial charge in [0.15, 0.2) is 0 Å². The monoisotopic (exact) mass is 337 g/mol. The number of rotatable bonds is 6. The maximum absolute atomic E-state index is 12.1. The molecule has 0 aromatic heterocycles. The Kier molecular flexibility index (Phi) is 5.67. The molecule has 0 atom stereocenters. The first kappa shape index (κ1) is 17.0. The first-order valence-corrected chi connectivity index (χ1v) is 8.70. The average Bonchev–Trinajstić information content (AvgIpc) is 3.14. The molecule has 0 heterocycles. The van der Waals surface area contributed by atoms with Gasteiger partial charge in [0.25, 0.3) is 5.91 Å². The molecule has 1 aliphatic carbocycles. The fraction of sp³-hybridized carbons (Fsp3) is 0.300. The van der Waals surface area contributed by atoms with Crippen LogP contribution in [0.3, 0.4) is 0 Å². The van der Waals surface area contributed by atoms with E-state index in [0.29, 0.717) is 11.6 Å². The van der Waals surface area contributed by atoms with Crippen LogP contribution in [0.2, 0.25) is 0 Å². The van der Waals surface area contributed by atoms with Crippen LogP contribution in [0, 0.1) is 0 Å². The topological polar surface area (TPSA) is 70.2 Å². The summed E-state index contributed by atoms with van der Waals surface area (Å²) in [5.74, 6) is -0.505. The molecule has 5 heteroatoms. The molecule has 0 bridgehead atoms. The van der Waals surface area contributed by atoms with Crippen LogP contribution >= 0.6 is 0 Å². The van der Waals surface area contributed by atoms with E-state index < -0.39 is 0 Å². The van der Waals surface area contributed by atoms with Crippen molar-refractivity contribution in [3.05, 3.63) is 60.2 Å². The van der Waals surface area contributed by atoms with Crippen molar-refractivity contribution in [1.82, 2.24) is 5.32 Å². The number of benzene rings is 2. The molecule has 1 fully saturated rings. The summed E-state index contributed by atoms with van der Waals surface area (Å²) in [6, 6.07) is 17.1. The molecule has 25 heavy (non-hydrogen) atoms. The van der Waals surface area contributed by atoms with Crippen LogP contribution in [-0.4, -0.2) is 24.4 Å². The van der Waals surface area contributed by atoms with Gasteiger partial charge in [0.05, 0.1) is 6.54 Å². The highest BCUT2D eigenvalue weighted by Gasteiger charge is 2.14. The number of amides is 2. The van der Waals surface area contributed by atoms with Crippen LogP contribution in [0.25, 0.3) is 0 Å². The van der Waals surface area contributed by atoms with Gasteiger partial charge < -0.3 is 16.0 Å². The Morgan fingerprint density at radius 1 is 0.920 bits per heavy atom. The average molecular weight is 337 g/mol. The number of anilines is 2. The molecule has 0 spiro atoms.